The number of nitrogens with zero attached hydrogens (tertiary/aromatic N) is 4. The van der Waals surface area contributed by atoms with Crippen molar-refractivity contribution in [3.8, 4) is 22.8 Å². The van der Waals surface area contributed by atoms with Gasteiger partial charge in [-0.3, -0.25) is 9.78 Å². The van der Waals surface area contributed by atoms with E-state index in [1.54, 1.807) is 24.3 Å². The first kappa shape index (κ1) is 21.3. The molecule has 32 heavy (non-hydrogen) atoms. The number of alkyl halides is 3. The van der Waals surface area contributed by atoms with Crippen LogP contribution in [0.25, 0.3) is 22.3 Å². The molecule has 2 N–H and O–H groups in total. The molecule has 0 saturated heterocycles. The molecule has 0 aliphatic rings. The fourth-order valence-corrected chi connectivity index (χ4v) is 3.44. The molecule has 0 fully saturated rings. The van der Waals surface area contributed by atoms with Gasteiger partial charge in [-0.2, -0.15) is 18.3 Å². The highest BCUT2D eigenvalue weighted by atomic mass is 19.4. The predicted octanol–water partition coefficient (Wildman–Crippen LogP) is 4.50. The molecule has 0 aliphatic heterocycles. The first-order valence-electron chi connectivity index (χ1n) is 9.64. The summed E-state index contributed by atoms with van der Waals surface area (Å²) in [5.74, 6) is -0.00735. The van der Waals surface area contributed by atoms with Gasteiger partial charge < -0.3 is 10.5 Å². The van der Waals surface area contributed by atoms with Crippen LogP contribution < -0.4 is 10.5 Å². The number of rotatable bonds is 5. The Hall–Kier alpha value is -3.95. The number of ether oxygens (including phenoxy) is 1. The van der Waals surface area contributed by atoms with E-state index in [9.17, 15) is 18.0 Å². The zero-order valence-corrected chi connectivity index (χ0v) is 17.1. The topological polar surface area (TPSA) is 95.9 Å². The lowest BCUT2D eigenvalue weighted by Crippen LogP contribution is -2.13. The SMILES string of the molecule is CCc1cc(-c2cc(Oc3cnc4c(c3)c(C(F)(F)F)nn4C)ccn2)ccc1C(N)=O. The minimum absolute atomic E-state index is 0.0988. The number of carbonyl (C=O) groups excluding carboxylic acids is 1. The standard InChI is InChI=1S/C22H18F3N5O2/c1-3-12-8-13(4-5-16(12)20(26)31)18-10-14(6-7-27-18)32-15-9-17-19(22(23,24)25)29-30(2)21(17)28-11-15/h4-11H,3H2,1-2H3,(H2,26,31). The molecule has 4 rings (SSSR count). The van der Waals surface area contributed by atoms with E-state index < -0.39 is 17.8 Å². The van der Waals surface area contributed by atoms with Crippen LogP contribution in [0.5, 0.6) is 11.5 Å². The molecule has 3 heterocycles. The summed E-state index contributed by atoms with van der Waals surface area (Å²) in [6.45, 7) is 1.91. The number of benzene rings is 1. The van der Waals surface area contributed by atoms with Crippen molar-refractivity contribution >= 4 is 16.9 Å². The molecule has 1 amide bonds. The van der Waals surface area contributed by atoms with Gasteiger partial charge in [-0.05, 0) is 36.2 Å². The number of nitrogens with two attached hydrogens (primary N) is 1. The second-order valence-corrected chi connectivity index (χ2v) is 7.08. The van der Waals surface area contributed by atoms with E-state index in [0.29, 0.717) is 23.4 Å². The molecular weight excluding hydrogens is 423 g/mol. The maximum atomic E-state index is 13.3. The van der Waals surface area contributed by atoms with E-state index >= 15 is 0 Å². The second-order valence-electron chi connectivity index (χ2n) is 7.08. The number of hydrogen-bond donors (Lipinski definition) is 1. The number of aromatic nitrogens is 4. The monoisotopic (exact) mass is 441 g/mol. The van der Waals surface area contributed by atoms with E-state index in [1.807, 2.05) is 13.0 Å². The molecule has 4 aromatic rings. The maximum Gasteiger partial charge on any atom is 0.435 e. The highest BCUT2D eigenvalue weighted by Crippen LogP contribution is 2.35. The summed E-state index contributed by atoms with van der Waals surface area (Å²) in [7, 11) is 1.40. The first-order chi connectivity index (χ1) is 15.2. The Morgan fingerprint density at radius 2 is 1.91 bits per heavy atom. The molecule has 0 radical (unpaired) electrons. The summed E-state index contributed by atoms with van der Waals surface area (Å²) in [6.07, 6.45) is -1.14. The molecule has 0 aliphatic carbocycles. The van der Waals surface area contributed by atoms with Crippen LogP contribution in [-0.2, 0) is 19.6 Å². The Kier molecular flexibility index (Phi) is 5.29. The van der Waals surface area contributed by atoms with Gasteiger partial charge in [0.2, 0.25) is 5.91 Å². The summed E-state index contributed by atoms with van der Waals surface area (Å²) >= 11 is 0. The lowest BCUT2D eigenvalue weighted by Gasteiger charge is -2.10. The Balaban J connectivity index is 1.68. The van der Waals surface area contributed by atoms with Crippen molar-refractivity contribution in [2.75, 3.05) is 0 Å². The first-order valence-corrected chi connectivity index (χ1v) is 9.64. The van der Waals surface area contributed by atoms with E-state index in [0.717, 1.165) is 15.8 Å². The average Bonchev–Trinajstić information content (AvgIpc) is 3.09. The van der Waals surface area contributed by atoms with Gasteiger partial charge in [-0.1, -0.05) is 13.0 Å². The summed E-state index contributed by atoms with van der Waals surface area (Å²) in [6, 6.07) is 9.69. The van der Waals surface area contributed by atoms with Crippen molar-refractivity contribution in [2.24, 2.45) is 12.8 Å². The third-order valence-corrected chi connectivity index (χ3v) is 4.94. The molecule has 7 nitrogen and oxygen atoms in total. The molecule has 164 valence electrons. The third kappa shape index (κ3) is 3.98. The van der Waals surface area contributed by atoms with Gasteiger partial charge in [0, 0.05) is 30.4 Å². The summed E-state index contributed by atoms with van der Waals surface area (Å²) in [4.78, 5) is 20.0. The highest BCUT2D eigenvalue weighted by Gasteiger charge is 2.37. The van der Waals surface area contributed by atoms with Crippen molar-refractivity contribution in [3.05, 3.63) is 65.6 Å². The maximum absolute atomic E-state index is 13.3. The third-order valence-electron chi connectivity index (χ3n) is 4.94. The van der Waals surface area contributed by atoms with Crippen molar-refractivity contribution in [1.82, 2.24) is 19.7 Å². The number of primary amides is 1. The minimum atomic E-state index is -4.61. The van der Waals surface area contributed by atoms with E-state index in [2.05, 4.69) is 15.1 Å². The van der Waals surface area contributed by atoms with Crippen LogP contribution >= 0.6 is 0 Å². The molecule has 0 bridgehead atoms. The van der Waals surface area contributed by atoms with Crippen molar-refractivity contribution in [1.29, 1.82) is 0 Å². The number of aryl methyl sites for hydroxylation is 2. The molecule has 10 heteroatoms. The number of fused-ring (bicyclic) bond motifs is 1. The van der Waals surface area contributed by atoms with Crippen molar-refractivity contribution < 1.29 is 22.7 Å². The van der Waals surface area contributed by atoms with Gasteiger partial charge in [0.1, 0.15) is 11.5 Å². The van der Waals surface area contributed by atoms with Gasteiger partial charge in [-0.15, -0.1) is 0 Å². The van der Waals surface area contributed by atoms with Crippen LogP contribution in [-0.4, -0.2) is 25.7 Å². The lowest BCUT2D eigenvalue weighted by atomic mass is 9.99. The second kappa shape index (κ2) is 7.95. The molecule has 0 atom stereocenters. The van der Waals surface area contributed by atoms with Crippen molar-refractivity contribution in [3.63, 3.8) is 0 Å². The molecular formula is C22H18F3N5O2. The number of hydrogen-bond acceptors (Lipinski definition) is 5. The fourth-order valence-electron chi connectivity index (χ4n) is 3.44. The van der Waals surface area contributed by atoms with Crippen LogP contribution in [0.3, 0.4) is 0 Å². The van der Waals surface area contributed by atoms with E-state index in [4.69, 9.17) is 10.5 Å². The van der Waals surface area contributed by atoms with Crippen LogP contribution in [0.1, 0.15) is 28.5 Å². The average molecular weight is 441 g/mol. The normalized spacial score (nSPS) is 11.7. The molecule has 0 spiro atoms. The number of pyridine rings is 2. The molecule has 0 saturated carbocycles. The van der Waals surface area contributed by atoms with Crippen LogP contribution in [0, 0.1) is 0 Å². The number of carbonyl (C=O) groups is 1. The number of halogens is 3. The van der Waals surface area contributed by atoms with Crippen LogP contribution in [0.4, 0.5) is 13.2 Å². The molecule has 3 aromatic heterocycles. The zero-order chi connectivity index (χ0) is 23.0. The highest BCUT2D eigenvalue weighted by molar-refractivity contribution is 5.95. The van der Waals surface area contributed by atoms with Gasteiger partial charge >= 0.3 is 6.18 Å². The Labute approximate surface area is 180 Å². The summed E-state index contributed by atoms with van der Waals surface area (Å²) < 4.78 is 46.7. The van der Waals surface area contributed by atoms with Gasteiger partial charge in [-0.25, -0.2) is 9.67 Å². The van der Waals surface area contributed by atoms with E-state index in [1.165, 1.54) is 25.5 Å². The predicted molar refractivity (Wildman–Crippen MR) is 111 cm³/mol. The van der Waals surface area contributed by atoms with Crippen LogP contribution in [0.15, 0.2) is 48.8 Å². The van der Waals surface area contributed by atoms with E-state index in [-0.39, 0.29) is 16.8 Å². The molecule has 1 aromatic carbocycles. The largest absolute Gasteiger partial charge is 0.456 e. The fraction of sp³-hybridized carbons (Fsp3) is 0.182. The Morgan fingerprint density at radius 1 is 1.12 bits per heavy atom. The smallest absolute Gasteiger partial charge is 0.435 e. The summed E-state index contributed by atoms with van der Waals surface area (Å²) in [5.41, 5.74) is 7.03. The molecule has 0 unspecified atom stereocenters. The van der Waals surface area contributed by atoms with Crippen molar-refractivity contribution in [2.45, 2.75) is 19.5 Å². The Bertz CT molecular complexity index is 1330. The lowest BCUT2D eigenvalue weighted by molar-refractivity contribution is -0.140. The van der Waals surface area contributed by atoms with Gasteiger partial charge in [0.05, 0.1) is 17.3 Å². The Morgan fingerprint density at radius 3 is 2.59 bits per heavy atom. The van der Waals surface area contributed by atoms with Crippen LogP contribution in [0.2, 0.25) is 0 Å². The van der Waals surface area contributed by atoms with Gasteiger partial charge in [0.25, 0.3) is 0 Å². The minimum Gasteiger partial charge on any atom is -0.456 e. The zero-order valence-electron chi connectivity index (χ0n) is 17.1. The van der Waals surface area contributed by atoms with Gasteiger partial charge in [0.15, 0.2) is 11.3 Å². The quantitative estimate of drug-likeness (QED) is 0.492. The summed E-state index contributed by atoms with van der Waals surface area (Å²) in [5, 5.41) is 3.38. The number of amides is 1.